The molecular formula is C5H15N3O. The maximum atomic E-state index is 8.66. The van der Waals surface area contributed by atoms with Crippen LogP contribution < -0.4 is 17.2 Å². The van der Waals surface area contributed by atoms with Crippen LogP contribution in [0.1, 0.15) is 6.42 Å². The topological polar surface area (TPSA) is 98.3 Å². The van der Waals surface area contributed by atoms with Crippen LogP contribution in [-0.2, 0) is 0 Å². The summed E-state index contributed by atoms with van der Waals surface area (Å²) < 4.78 is 0. The molecule has 0 aromatic rings. The summed E-state index contributed by atoms with van der Waals surface area (Å²) in [5.74, 6) is 0. The number of hydrogen-bond acceptors (Lipinski definition) is 4. The lowest BCUT2D eigenvalue weighted by Gasteiger charge is -2.23. The molecule has 0 aliphatic rings. The number of nitrogens with two attached hydrogens (primary N) is 3. The molecule has 1 atom stereocenters. The van der Waals surface area contributed by atoms with Gasteiger partial charge in [0, 0.05) is 6.54 Å². The monoisotopic (exact) mass is 133 g/mol. The van der Waals surface area contributed by atoms with E-state index in [2.05, 4.69) is 0 Å². The lowest BCUT2D eigenvalue weighted by atomic mass is 9.98. The van der Waals surface area contributed by atoms with Crippen LogP contribution >= 0.6 is 0 Å². The van der Waals surface area contributed by atoms with Gasteiger partial charge in [-0.1, -0.05) is 0 Å². The second-order valence-corrected chi connectivity index (χ2v) is 2.26. The number of hydrogen-bond donors (Lipinski definition) is 4. The molecule has 56 valence electrons. The maximum Gasteiger partial charge on any atom is 0.0624 e. The molecule has 0 bridgehead atoms. The van der Waals surface area contributed by atoms with Crippen molar-refractivity contribution in [2.24, 2.45) is 17.2 Å². The van der Waals surface area contributed by atoms with Crippen LogP contribution in [0.4, 0.5) is 0 Å². The van der Waals surface area contributed by atoms with Gasteiger partial charge in [0.15, 0.2) is 0 Å². The molecule has 0 amide bonds. The van der Waals surface area contributed by atoms with Crippen molar-refractivity contribution in [2.75, 3.05) is 19.7 Å². The van der Waals surface area contributed by atoms with Gasteiger partial charge in [0.2, 0.25) is 0 Å². The summed E-state index contributed by atoms with van der Waals surface area (Å²) in [5, 5.41) is 8.66. The van der Waals surface area contributed by atoms with Gasteiger partial charge in [-0.15, -0.1) is 0 Å². The van der Waals surface area contributed by atoms with Crippen molar-refractivity contribution in [3.8, 4) is 0 Å². The molecule has 0 aromatic carbocycles. The first-order chi connectivity index (χ1) is 4.18. The zero-order chi connectivity index (χ0) is 7.33. The number of aliphatic hydroxyl groups is 1. The fourth-order valence-corrected chi connectivity index (χ4v) is 0.533. The summed E-state index contributed by atoms with van der Waals surface area (Å²) in [6, 6.07) is 0. The van der Waals surface area contributed by atoms with E-state index in [1.807, 2.05) is 0 Å². The molecule has 0 rings (SSSR count). The molecule has 0 spiro atoms. The number of aliphatic hydroxyl groups excluding tert-OH is 1. The molecule has 4 heteroatoms. The molecule has 0 saturated heterocycles. The highest BCUT2D eigenvalue weighted by Crippen LogP contribution is 2.00. The SMILES string of the molecule is NCCC(N)(CN)CO. The average Bonchev–Trinajstić information content (AvgIpc) is 1.89. The Bertz CT molecular complexity index is 72.6. The summed E-state index contributed by atoms with van der Waals surface area (Å²) in [6.07, 6.45) is 0.569. The van der Waals surface area contributed by atoms with Gasteiger partial charge in [0.05, 0.1) is 12.1 Å². The van der Waals surface area contributed by atoms with E-state index in [1.54, 1.807) is 0 Å². The van der Waals surface area contributed by atoms with Crippen LogP contribution in [0.3, 0.4) is 0 Å². The van der Waals surface area contributed by atoms with Crippen molar-refractivity contribution in [3.63, 3.8) is 0 Å². The van der Waals surface area contributed by atoms with Crippen LogP contribution in [0.25, 0.3) is 0 Å². The summed E-state index contributed by atoms with van der Waals surface area (Å²) in [4.78, 5) is 0. The number of rotatable bonds is 4. The molecule has 0 aliphatic carbocycles. The Morgan fingerprint density at radius 2 is 1.89 bits per heavy atom. The molecule has 0 saturated carbocycles. The molecule has 0 aromatic heterocycles. The Morgan fingerprint density at radius 3 is 2.00 bits per heavy atom. The Hall–Kier alpha value is -0.160. The third-order valence-corrected chi connectivity index (χ3v) is 1.36. The molecular weight excluding hydrogens is 118 g/mol. The van der Waals surface area contributed by atoms with Crippen LogP contribution in [0.5, 0.6) is 0 Å². The average molecular weight is 133 g/mol. The zero-order valence-corrected chi connectivity index (χ0v) is 5.51. The lowest BCUT2D eigenvalue weighted by Crippen LogP contribution is -2.51. The Kier molecular flexibility index (Phi) is 3.72. The molecule has 4 nitrogen and oxygen atoms in total. The van der Waals surface area contributed by atoms with Gasteiger partial charge in [-0.05, 0) is 13.0 Å². The van der Waals surface area contributed by atoms with Crippen molar-refractivity contribution >= 4 is 0 Å². The molecule has 0 radical (unpaired) electrons. The quantitative estimate of drug-likeness (QED) is 0.356. The van der Waals surface area contributed by atoms with Crippen molar-refractivity contribution in [1.82, 2.24) is 0 Å². The highest BCUT2D eigenvalue weighted by atomic mass is 16.3. The van der Waals surface area contributed by atoms with Crippen LogP contribution in [-0.4, -0.2) is 30.3 Å². The van der Waals surface area contributed by atoms with E-state index >= 15 is 0 Å². The van der Waals surface area contributed by atoms with Crippen LogP contribution in [0.2, 0.25) is 0 Å². The summed E-state index contributed by atoms with van der Waals surface area (Å²) >= 11 is 0. The molecule has 0 aliphatic heterocycles. The summed E-state index contributed by atoms with van der Waals surface area (Å²) in [5.41, 5.74) is 15.4. The Balaban J connectivity index is 3.62. The minimum Gasteiger partial charge on any atom is -0.394 e. The Labute approximate surface area is 55.0 Å². The molecule has 9 heavy (non-hydrogen) atoms. The molecule has 0 fully saturated rings. The fourth-order valence-electron chi connectivity index (χ4n) is 0.533. The van der Waals surface area contributed by atoms with Gasteiger partial charge >= 0.3 is 0 Å². The van der Waals surface area contributed by atoms with Gasteiger partial charge in [0.1, 0.15) is 0 Å². The second kappa shape index (κ2) is 3.79. The molecule has 1 unspecified atom stereocenters. The van der Waals surface area contributed by atoms with Crippen LogP contribution in [0, 0.1) is 0 Å². The van der Waals surface area contributed by atoms with Gasteiger partial charge in [-0.3, -0.25) is 0 Å². The van der Waals surface area contributed by atoms with E-state index in [9.17, 15) is 0 Å². The predicted octanol–water partition coefficient (Wildman–Crippen LogP) is -2.02. The Morgan fingerprint density at radius 1 is 1.33 bits per heavy atom. The first kappa shape index (κ1) is 8.84. The smallest absolute Gasteiger partial charge is 0.0624 e. The predicted molar refractivity (Wildman–Crippen MR) is 36.7 cm³/mol. The highest BCUT2D eigenvalue weighted by Gasteiger charge is 2.19. The summed E-state index contributed by atoms with van der Waals surface area (Å²) in [6.45, 7) is 0.648. The van der Waals surface area contributed by atoms with Gasteiger partial charge in [-0.2, -0.15) is 0 Å². The van der Waals surface area contributed by atoms with Gasteiger partial charge in [0.25, 0.3) is 0 Å². The first-order valence-corrected chi connectivity index (χ1v) is 2.98. The van der Waals surface area contributed by atoms with E-state index in [1.165, 1.54) is 0 Å². The van der Waals surface area contributed by atoms with E-state index in [4.69, 9.17) is 22.3 Å². The fraction of sp³-hybridized carbons (Fsp3) is 1.00. The standard InChI is InChI=1S/C5H15N3O/c6-2-1-5(8,3-7)4-9/h9H,1-4,6-8H2. The molecule has 0 heterocycles. The second-order valence-electron chi connectivity index (χ2n) is 2.26. The minimum absolute atomic E-state index is 0.0965. The van der Waals surface area contributed by atoms with Crippen LogP contribution in [0.15, 0.2) is 0 Å². The van der Waals surface area contributed by atoms with E-state index < -0.39 is 5.54 Å². The van der Waals surface area contributed by atoms with Crippen molar-refractivity contribution < 1.29 is 5.11 Å². The van der Waals surface area contributed by atoms with Gasteiger partial charge < -0.3 is 22.3 Å². The van der Waals surface area contributed by atoms with Crippen molar-refractivity contribution in [1.29, 1.82) is 0 Å². The zero-order valence-electron chi connectivity index (χ0n) is 5.51. The van der Waals surface area contributed by atoms with E-state index in [-0.39, 0.29) is 13.2 Å². The van der Waals surface area contributed by atoms with Crippen molar-refractivity contribution in [3.05, 3.63) is 0 Å². The third kappa shape index (κ3) is 2.76. The maximum absolute atomic E-state index is 8.66. The van der Waals surface area contributed by atoms with E-state index in [0.29, 0.717) is 13.0 Å². The highest BCUT2D eigenvalue weighted by molar-refractivity contribution is 4.84. The normalized spacial score (nSPS) is 17.3. The molecule has 7 N–H and O–H groups in total. The third-order valence-electron chi connectivity index (χ3n) is 1.36. The largest absolute Gasteiger partial charge is 0.394 e. The summed E-state index contributed by atoms with van der Waals surface area (Å²) in [7, 11) is 0. The first-order valence-electron chi connectivity index (χ1n) is 2.98. The van der Waals surface area contributed by atoms with Crippen molar-refractivity contribution in [2.45, 2.75) is 12.0 Å². The van der Waals surface area contributed by atoms with Gasteiger partial charge in [-0.25, -0.2) is 0 Å². The lowest BCUT2D eigenvalue weighted by molar-refractivity contribution is 0.194. The van der Waals surface area contributed by atoms with E-state index in [0.717, 1.165) is 0 Å². The minimum atomic E-state index is -0.658.